The van der Waals surface area contributed by atoms with Crippen LogP contribution in [0, 0.1) is 12.8 Å². The van der Waals surface area contributed by atoms with E-state index < -0.39 is 0 Å². The Morgan fingerprint density at radius 3 is 2.82 bits per heavy atom. The van der Waals surface area contributed by atoms with Crippen molar-refractivity contribution >= 4 is 45.0 Å². The number of piperidine rings is 1. The van der Waals surface area contributed by atoms with Crippen molar-refractivity contribution in [2.75, 3.05) is 18.0 Å². The number of nitrogens with one attached hydrogen (secondary N) is 1. The molecule has 1 saturated heterocycles. The minimum atomic E-state index is -0.179. The fourth-order valence-corrected chi connectivity index (χ4v) is 5.31. The Balaban J connectivity index is 1.43. The Bertz CT molecular complexity index is 1400. The Morgan fingerprint density at radius 1 is 1.21 bits per heavy atom. The van der Waals surface area contributed by atoms with Crippen LogP contribution in [0.4, 0.5) is 5.95 Å². The average molecular weight is 493 g/mol. The first-order chi connectivity index (χ1) is 16.5. The number of nitrogens with zero attached hydrogens (tertiary/aromatic N) is 3. The second-order valence-electron chi connectivity index (χ2n) is 8.66. The van der Waals surface area contributed by atoms with Gasteiger partial charge in [0.1, 0.15) is 4.70 Å². The van der Waals surface area contributed by atoms with Crippen LogP contribution < -0.4 is 15.8 Å². The van der Waals surface area contributed by atoms with E-state index in [2.05, 4.69) is 10.2 Å². The fourth-order valence-electron chi connectivity index (χ4n) is 4.42. The Hall–Kier alpha value is -3.16. The summed E-state index contributed by atoms with van der Waals surface area (Å²) in [7, 11) is 0. The summed E-state index contributed by atoms with van der Waals surface area (Å²) < 4.78 is 2.33. The highest BCUT2D eigenvalue weighted by Gasteiger charge is 2.29. The maximum absolute atomic E-state index is 13.5. The molecule has 8 heteroatoms. The molecule has 3 heterocycles. The number of aryl methyl sites for hydroxylation is 1. The highest BCUT2D eigenvalue weighted by atomic mass is 35.5. The minimum Gasteiger partial charge on any atom is -0.352 e. The Morgan fingerprint density at radius 2 is 2.03 bits per heavy atom. The first kappa shape index (κ1) is 22.6. The summed E-state index contributed by atoms with van der Waals surface area (Å²) >= 11 is 7.36. The predicted octanol–water partition coefficient (Wildman–Crippen LogP) is 4.94. The molecule has 1 fully saturated rings. The molecule has 4 aromatic rings. The third-order valence-corrected chi connectivity index (χ3v) is 7.32. The van der Waals surface area contributed by atoms with Gasteiger partial charge in [0.25, 0.3) is 5.56 Å². The Labute approximate surface area is 206 Å². The van der Waals surface area contributed by atoms with E-state index in [0.717, 1.165) is 36.2 Å². The summed E-state index contributed by atoms with van der Waals surface area (Å²) in [5.41, 5.74) is 3.48. The van der Waals surface area contributed by atoms with E-state index in [1.54, 1.807) is 4.57 Å². The van der Waals surface area contributed by atoms with Crippen molar-refractivity contribution in [1.82, 2.24) is 14.9 Å². The summed E-state index contributed by atoms with van der Waals surface area (Å²) in [6.07, 6.45) is 1.66. The zero-order chi connectivity index (χ0) is 23.7. The van der Waals surface area contributed by atoms with E-state index in [1.807, 2.05) is 66.9 Å². The summed E-state index contributed by atoms with van der Waals surface area (Å²) in [4.78, 5) is 33.4. The number of benzene rings is 2. The molecule has 174 valence electrons. The van der Waals surface area contributed by atoms with Gasteiger partial charge in [-0.3, -0.25) is 9.59 Å². The monoisotopic (exact) mass is 492 g/mol. The van der Waals surface area contributed by atoms with Crippen molar-refractivity contribution in [2.24, 2.45) is 5.92 Å². The van der Waals surface area contributed by atoms with E-state index in [-0.39, 0.29) is 17.4 Å². The summed E-state index contributed by atoms with van der Waals surface area (Å²) in [5.74, 6) is 0.430. The van der Waals surface area contributed by atoms with Crippen molar-refractivity contribution < 1.29 is 4.79 Å². The van der Waals surface area contributed by atoms with Crippen LogP contribution in [0.25, 0.3) is 15.9 Å². The van der Waals surface area contributed by atoms with Crippen LogP contribution >= 0.6 is 22.9 Å². The topological polar surface area (TPSA) is 67.2 Å². The number of hydrogen-bond acceptors (Lipinski definition) is 5. The average Bonchev–Trinajstić information content (AvgIpc) is 3.33. The number of thiophene rings is 1. The number of carbonyl (C=O) groups excluding carboxylic acids is 1. The molecule has 0 spiro atoms. The van der Waals surface area contributed by atoms with Gasteiger partial charge in [-0.25, -0.2) is 9.55 Å². The number of rotatable bonds is 5. The lowest BCUT2D eigenvalue weighted by Crippen LogP contribution is -2.45. The predicted molar refractivity (Wildman–Crippen MR) is 138 cm³/mol. The molecule has 1 N–H and O–H groups in total. The molecule has 0 radical (unpaired) electrons. The third kappa shape index (κ3) is 4.58. The number of carbonyl (C=O) groups is 1. The zero-order valence-electron chi connectivity index (χ0n) is 18.8. The lowest BCUT2D eigenvalue weighted by atomic mass is 9.97. The number of amides is 1. The third-order valence-electron chi connectivity index (χ3n) is 6.18. The van der Waals surface area contributed by atoms with E-state index in [9.17, 15) is 9.59 Å². The molecule has 0 bridgehead atoms. The van der Waals surface area contributed by atoms with Crippen LogP contribution in [-0.2, 0) is 11.3 Å². The fraction of sp³-hybridized carbons (Fsp3) is 0.269. The van der Waals surface area contributed by atoms with Gasteiger partial charge in [-0.15, -0.1) is 11.3 Å². The smallest absolute Gasteiger partial charge is 0.277 e. The minimum absolute atomic E-state index is 0.0145. The number of fused-ring (bicyclic) bond motifs is 1. The van der Waals surface area contributed by atoms with E-state index in [1.165, 1.54) is 11.3 Å². The molecule has 6 nitrogen and oxygen atoms in total. The standard InChI is InChI=1S/C26H25ClN4O2S/c1-17-4-2-6-21(14-17)31-25(33)23-22(11-13-34-23)29-26(31)30-12-3-5-19(16-30)24(32)28-15-18-7-9-20(27)10-8-18/h2,4,6-11,13-14,19H,3,5,12,15-16H2,1H3,(H,28,32)/t19-/m1/s1. The lowest BCUT2D eigenvalue weighted by molar-refractivity contribution is -0.125. The highest BCUT2D eigenvalue weighted by Crippen LogP contribution is 2.27. The molecule has 2 aromatic carbocycles. The van der Waals surface area contributed by atoms with Gasteiger partial charge < -0.3 is 10.2 Å². The van der Waals surface area contributed by atoms with Gasteiger partial charge >= 0.3 is 0 Å². The second-order valence-corrected chi connectivity index (χ2v) is 10.0. The zero-order valence-corrected chi connectivity index (χ0v) is 20.4. The largest absolute Gasteiger partial charge is 0.352 e. The number of halogens is 1. The van der Waals surface area contributed by atoms with Crippen LogP contribution in [0.15, 0.2) is 64.8 Å². The van der Waals surface area contributed by atoms with Gasteiger partial charge in [-0.05, 0) is 66.6 Å². The van der Waals surface area contributed by atoms with Crippen LogP contribution in [0.1, 0.15) is 24.0 Å². The molecular weight excluding hydrogens is 468 g/mol. The maximum atomic E-state index is 13.5. The molecule has 0 aliphatic carbocycles. The normalized spacial score (nSPS) is 16.1. The van der Waals surface area contributed by atoms with Crippen molar-refractivity contribution in [1.29, 1.82) is 0 Å². The van der Waals surface area contributed by atoms with E-state index in [4.69, 9.17) is 16.6 Å². The van der Waals surface area contributed by atoms with Crippen LogP contribution in [0.2, 0.25) is 5.02 Å². The van der Waals surface area contributed by atoms with Gasteiger partial charge in [0.2, 0.25) is 11.9 Å². The van der Waals surface area contributed by atoms with E-state index >= 15 is 0 Å². The van der Waals surface area contributed by atoms with Crippen LogP contribution in [0.5, 0.6) is 0 Å². The molecule has 1 aliphatic rings. The lowest BCUT2D eigenvalue weighted by Gasteiger charge is -2.34. The van der Waals surface area contributed by atoms with Gasteiger partial charge in [-0.1, -0.05) is 35.9 Å². The summed E-state index contributed by atoms with van der Waals surface area (Å²) in [6, 6.07) is 17.2. The second kappa shape index (κ2) is 9.60. The molecule has 2 aromatic heterocycles. The first-order valence-electron chi connectivity index (χ1n) is 11.3. The highest BCUT2D eigenvalue weighted by molar-refractivity contribution is 7.17. The van der Waals surface area contributed by atoms with Gasteiger partial charge in [0.05, 0.1) is 17.1 Å². The van der Waals surface area contributed by atoms with E-state index in [0.29, 0.717) is 34.3 Å². The number of aromatic nitrogens is 2. The van der Waals surface area contributed by atoms with Crippen molar-refractivity contribution in [3.05, 3.63) is 86.5 Å². The number of hydrogen-bond donors (Lipinski definition) is 1. The first-order valence-corrected chi connectivity index (χ1v) is 12.6. The molecule has 34 heavy (non-hydrogen) atoms. The SMILES string of the molecule is Cc1cccc(-n2c(N3CCC[C@@H](C(=O)NCc4ccc(Cl)cc4)C3)nc3ccsc3c2=O)c1. The van der Waals surface area contributed by atoms with Crippen molar-refractivity contribution in [3.8, 4) is 5.69 Å². The van der Waals surface area contributed by atoms with Crippen LogP contribution in [0.3, 0.4) is 0 Å². The maximum Gasteiger partial charge on any atom is 0.277 e. The van der Waals surface area contributed by atoms with Crippen molar-refractivity contribution in [3.63, 3.8) is 0 Å². The molecule has 0 unspecified atom stereocenters. The quantitative estimate of drug-likeness (QED) is 0.428. The molecule has 0 saturated carbocycles. The van der Waals surface area contributed by atoms with Crippen molar-refractivity contribution in [2.45, 2.75) is 26.3 Å². The van der Waals surface area contributed by atoms with Crippen LogP contribution in [-0.4, -0.2) is 28.5 Å². The Kier molecular flexibility index (Phi) is 6.39. The molecule has 1 aliphatic heterocycles. The molecule has 1 amide bonds. The van der Waals surface area contributed by atoms with Gasteiger partial charge in [-0.2, -0.15) is 0 Å². The molecular formula is C26H25ClN4O2S. The van der Waals surface area contributed by atoms with Gasteiger partial charge in [0, 0.05) is 24.7 Å². The summed E-state index contributed by atoms with van der Waals surface area (Å²) in [6.45, 7) is 3.72. The van der Waals surface area contributed by atoms with Gasteiger partial charge in [0.15, 0.2) is 0 Å². The molecule has 5 rings (SSSR count). The number of anilines is 1. The summed E-state index contributed by atoms with van der Waals surface area (Å²) in [5, 5.41) is 5.62. The molecule has 1 atom stereocenters.